The average molecular weight is 574 g/mol. The zero-order chi connectivity index (χ0) is 29.1. The maximum absolute atomic E-state index is 13.9. The minimum absolute atomic E-state index is 0.101. The fourth-order valence-corrected chi connectivity index (χ4v) is 3.12. The van der Waals surface area contributed by atoms with Crippen LogP contribution in [-0.2, 0) is 9.53 Å². The smallest absolute Gasteiger partial charge is 0.458 e. The second kappa shape index (κ2) is 8.94. The zero-order valence-corrected chi connectivity index (χ0v) is 17.6. The van der Waals surface area contributed by atoms with Crippen molar-refractivity contribution < 1.29 is 84.2 Å². The molecule has 1 aliphatic rings. The van der Waals surface area contributed by atoms with Crippen molar-refractivity contribution in [2.75, 3.05) is 0 Å². The van der Waals surface area contributed by atoms with Crippen molar-refractivity contribution in [1.82, 2.24) is 0 Å². The molecule has 0 aromatic rings. The largest absolute Gasteiger partial charge is 0.460 e. The summed E-state index contributed by atoms with van der Waals surface area (Å²) in [5.41, 5.74) is 0. The average Bonchev–Trinajstić information content (AvgIpc) is 2.68. The second-order valence-electron chi connectivity index (χ2n) is 8.31. The third-order valence-electron chi connectivity index (χ3n) is 5.80. The monoisotopic (exact) mass is 574 g/mol. The van der Waals surface area contributed by atoms with Crippen molar-refractivity contribution in [3.05, 3.63) is 0 Å². The number of ether oxygens (including phenoxy) is 1. The molecule has 0 amide bonds. The Morgan fingerprint density at radius 1 is 0.556 bits per heavy atom. The lowest BCUT2D eigenvalue weighted by atomic mass is 9.80. The summed E-state index contributed by atoms with van der Waals surface area (Å²) in [6, 6.07) is 0. The summed E-state index contributed by atoms with van der Waals surface area (Å²) >= 11 is 0. The van der Waals surface area contributed by atoms with Gasteiger partial charge in [-0.25, -0.2) is 4.79 Å². The van der Waals surface area contributed by atoms with Crippen LogP contribution in [0, 0.1) is 11.8 Å². The Morgan fingerprint density at radius 2 is 0.917 bits per heavy atom. The van der Waals surface area contributed by atoms with Crippen LogP contribution in [0.1, 0.15) is 33.1 Å². The molecule has 3 atom stereocenters. The zero-order valence-electron chi connectivity index (χ0n) is 17.6. The number of halogens is 17. The molecule has 19 heteroatoms. The Hall–Kier alpha value is -1.72. The number of carbonyl (C=O) groups is 1. The third kappa shape index (κ3) is 4.45. The number of hydrogen-bond acceptors (Lipinski definition) is 2. The van der Waals surface area contributed by atoms with Gasteiger partial charge in [0.2, 0.25) is 0 Å². The summed E-state index contributed by atoms with van der Waals surface area (Å²) in [6.45, 7) is 3.07. The Labute approximate surface area is 190 Å². The highest BCUT2D eigenvalue weighted by molar-refractivity contribution is 5.79. The number of rotatable bonds is 8. The fraction of sp³-hybridized carbons (Fsp3) is 0.941. The van der Waals surface area contributed by atoms with Gasteiger partial charge in [-0.3, -0.25) is 0 Å². The van der Waals surface area contributed by atoms with Crippen LogP contribution in [-0.4, -0.2) is 59.7 Å². The van der Waals surface area contributed by atoms with Crippen LogP contribution in [0.5, 0.6) is 0 Å². The van der Waals surface area contributed by atoms with Crippen LogP contribution in [0.25, 0.3) is 0 Å². The first-order valence-electron chi connectivity index (χ1n) is 9.48. The van der Waals surface area contributed by atoms with Gasteiger partial charge in [0.1, 0.15) is 6.10 Å². The summed E-state index contributed by atoms with van der Waals surface area (Å²) in [4.78, 5) is 11.4. The Kier molecular flexibility index (Phi) is 8.02. The van der Waals surface area contributed by atoms with Gasteiger partial charge in [-0.1, -0.05) is 13.8 Å². The van der Waals surface area contributed by atoms with E-state index in [9.17, 15) is 79.4 Å². The van der Waals surface area contributed by atoms with E-state index >= 15 is 0 Å². The van der Waals surface area contributed by atoms with E-state index in [1.165, 1.54) is 6.92 Å². The van der Waals surface area contributed by atoms with E-state index in [0.29, 0.717) is 0 Å². The van der Waals surface area contributed by atoms with E-state index in [2.05, 4.69) is 4.74 Å². The van der Waals surface area contributed by atoms with E-state index in [-0.39, 0.29) is 25.2 Å². The van der Waals surface area contributed by atoms with Crippen molar-refractivity contribution in [3.63, 3.8) is 0 Å². The molecule has 2 nitrogen and oxygen atoms in total. The molecule has 1 aliphatic carbocycles. The molecule has 0 unspecified atom stereocenters. The molecule has 0 aromatic heterocycles. The standard InChI is InChI=1S/C17H15F17O2/c1-6-3-4-8(5-7(6)2)36-9(35)10(18,19)11(20,21)12(22,23)13(24,25)14(26,27)15(28,29)16(30,31)17(32,33)34/h6-8H,3-5H2,1-2H3/t6-,7+,8+/m1/s1. The molecule has 0 aliphatic heterocycles. The fourth-order valence-electron chi connectivity index (χ4n) is 3.12. The molecule has 0 N–H and O–H groups in total. The lowest BCUT2D eigenvalue weighted by Gasteiger charge is -2.42. The molecule has 0 radical (unpaired) electrons. The summed E-state index contributed by atoms with van der Waals surface area (Å²) in [7, 11) is 0. The van der Waals surface area contributed by atoms with Gasteiger partial charge in [0.25, 0.3) is 0 Å². The van der Waals surface area contributed by atoms with Crippen LogP contribution < -0.4 is 0 Å². The SMILES string of the molecule is C[C@@H]1CC[C@H](OC(=O)C(F)(F)C(F)(F)C(F)(F)C(F)(F)C(F)(F)C(F)(F)C(F)(F)C(F)(F)F)C[C@@H]1C. The van der Waals surface area contributed by atoms with E-state index < -0.39 is 65.6 Å². The van der Waals surface area contributed by atoms with Crippen molar-refractivity contribution >= 4 is 5.97 Å². The third-order valence-corrected chi connectivity index (χ3v) is 5.80. The first-order chi connectivity index (χ1) is 15.6. The molecule has 1 rings (SSSR count). The highest BCUT2D eigenvalue weighted by Gasteiger charge is 2.96. The van der Waals surface area contributed by atoms with Crippen LogP contribution in [0.4, 0.5) is 74.6 Å². The molecule has 1 saturated carbocycles. The molecule has 0 aromatic carbocycles. The van der Waals surface area contributed by atoms with Crippen LogP contribution in [0.2, 0.25) is 0 Å². The quantitative estimate of drug-likeness (QED) is 0.224. The van der Waals surface area contributed by atoms with Crippen molar-refractivity contribution in [3.8, 4) is 0 Å². The van der Waals surface area contributed by atoms with Crippen molar-refractivity contribution in [2.45, 2.75) is 86.8 Å². The second-order valence-corrected chi connectivity index (χ2v) is 8.31. The van der Waals surface area contributed by atoms with Crippen LogP contribution in [0.3, 0.4) is 0 Å². The molecule has 214 valence electrons. The van der Waals surface area contributed by atoms with E-state index in [0.717, 1.165) is 0 Å². The van der Waals surface area contributed by atoms with Gasteiger partial charge in [0.15, 0.2) is 0 Å². The molecule has 0 saturated heterocycles. The van der Waals surface area contributed by atoms with E-state index in [4.69, 9.17) is 0 Å². The predicted molar refractivity (Wildman–Crippen MR) is 82.7 cm³/mol. The number of hydrogen-bond donors (Lipinski definition) is 0. The van der Waals surface area contributed by atoms with Gasteiger partial charge in [0.05, 0.1) is 0 Å². The molecule has 36 heavy (non-hydrogen) atoms. The number of alkyl halides is 17. The van der Waals surface area contributed by atoms with E-state index in [1.54, 1.807) is 6.92 Å². The minimum Gasteiger partial charge on any atom is -0.458 e. The van der Waals surface area contributed by atoms with Gasteiger partial charge in [-0.15, -0.1) is 0 Å². The van der Waals surface area contributed by atoms with Gasteiger partial charge >= 0.3 is 53.6 Å². The maximum atomic E-state index is 13.9. The Balaban J connectivity index is 3.45. The minimum atomic E-state index is -8.74. The van der Waals surface area contributed by atoms with Gasteiger partial charge in [0, 0.05) is 0 Å². The highest BCUT2D eigenvalue weighted by atomic mass is 19.4. The van der Waals surface area contributed by atoms with Crippen molar-refractivity contribution in [1.29, 1.82) is 0 Å². The highest BCUT2D eigenvalue weighted by Crippen LogP contribution is 2.64. The van der Waals surface area contributed by atoms with Crippen molar-refractivity contribution in [2.24, 2.45) is 11.8 Å². The van der Waals surface area contributed by atoms with Gasteiger partial charge in [-0.2, -0.15) is 74.6 Å². The lowest BCUT2D eigenvalue weighted by Crippen LogP contribution is -2.75. The first kappa shape index (κ1) is 32.3. The Morgan fingerprint density at radius 3 is 1.28 bits per heavy atom. The van der Waals surface area contributed by atoms with Crippen LogP contribution >= 0.6 is 0 Å². The molecule has 0 heterocycles. The summed E-state index contributed by atoms with van der Waals surface area (Å²) in [6.07, 6.45) is -10.1. The maximum Gasteiger partial charge on any atom is 0.460 e. The summed E-state index contributed by atoms with van der Waals surface area (Å²) in [5, 5.41) is 0. The number of esters is 1. The van der Waals surface area contributed by atoms with Gasteiger partial charge in [-0.05, 0) is 31.1 Å². The molecule has 0 spiro atoms. The van der Waals surface area contributed by atoms with E-state index in [1.807, 2.05) is 0 Å². The summed E-state index contributed by atoms with van der Waals surface area (Å²) in [5.74, 6) is -62.3. The lowest BCUT2D eigenvalue weighted by molar-refractivity contribution is -0.460. The van der Waals surface area contributed by atoms with Gasteiger partial charge < -0.3 is 4.74 Å². The Bertz CT molecular complexity index is 816. The molecule has 0 bridgehead atoms. The molecule has 1 fully saturated rings. The molecular formula is C17H15F17O2. The number of carbonyl (C=O) groups excluding carboxylic acids is 1. The predicted octanol–water partition coefficient (Wildman–Crippen LogP) is 7.36. The topological polar surface area (TPSA) is 26.3 Å². The molecular weight excluding hydrogens is 559 g/mol. The normalized spacial score (nSPS) is 24.0. The first-order valence-corrected chi connectivity index (χ1v) is 9.48. The van der Waals surface area contributed by atoms with Crippen LogP contribution in [0.15, 0.2) is 0 Å². The summed E-state index contributed by atoms with van der Waals surface area (Å²) < 4.78 is 229.